The number of aromatic nitrogens is 1. The van der Waals surface area contributed by atoms with Crippen LogP contribution >= 0.6 is 11.3 Å². The molecule has 0 aliphatic carbocycles. The van der Waals surface area contributed by atoms with Crippen molar-refractivity contribution in [2.75, 3.05) is 13.7 Å². The molecule has 3 nitrogen and oxygen atoms in total. The Bertz CT molecular complexity index is 510. The number of rotatable bonds is 7. The smallest absolute Gasteiger partial charge is 0.0797 e. The van der Waals surface area contributed by atoms with E-state index in [4.69, 9.17) is 4.74 Å². The van der Waals surface area contributed by atoms with Crippen LogP contribution in [-0.2, 0) is 24.3 Å². The molecule has 0 fully saturated rings. The molecule has 1 aromatic heterocycles. The lowest BCUT2D eigenvalue weighted by molar-refractivity contribution is 0.184. The Balaban J connectivity index is 1.81. The van der Waals surface area contributed by atoms with E-state index < -0.39 is 0 Å². The molecule has 0 atom stereocenters. The molecule has 1 aromatic carbocycles. The van der Waals surface area contributed by atoms with Gasteiger partial charge in [-0.05, 0) is 24.5 Å². The second kappa shape index (κ2) is 7.38. The Kier molecular flexibility index (Phi) is 5.51. The standard InChI is InChI=1S/C15H20N2OS/c1-12-15(19-11-17-12)7-8-16-9-13-5-3-4-6-14(13)10-18-2/h3-6,11,16H,7-10H2,1-2H3. The Hall–Kier alpha value is -1.23. The number of nitrogens with one attached hydrogen (secondary N) is 1. The van der Waals surface area contributed by atoms with Gasteiger partial charge < -0.3 is 10.1 Å². The van der Waals surface area contributed by atoms with Crippen LogP contribution in [0.4, 0.5) is 0 Å². The Morgan fingerprint density at radius 1 is 1.26 bits per heavy atom. The van der Waals surface area contributed by atoms with Crippen molar-refractivity contribution in [3.05, 3.63) is 51.5 Å². The maximum absolute atomic E-state index is 5.22. The van der Waals surface area contributed by atoms with Gasteiger partial charge in [-0.2, -0.15) is 0 Å². The first kappa shape index (κ1) is 14.2. The van der Waals surface area contributed by atoms with E-state index in [9.17, 15) is 0 Å². The van der Waals surface area contributed by atoms with E-state index in [0.717, 1.165) is 25.2 Å². The van der Waals surface area contributed by atoms with Crippen molar-refractivity contribution in [3.63, 3.8) is 0 Å². The van der Waals surface area contributed by atoms with Gasteiger partial charge in [0.2, 0.25) is 0 Å². The number of methoxy groups -OCH3 is 1. The van der Waals surface area contributed by atoms with Crippen LogP contribution in [0.1, 0.15) is 21.7 Å². The number of hydrogen-bond donors (Lipinski definition) is 1. The number of hydrogen-bond acceptors (Lipinski definition) is 4. The number of benzene rings is 1. The van der Waals surface area contributed by atoms with Gasteiger partial charge in [-0.15, -0.1) is 11.3 Å². The highest BCUT2D eigenvalue weighted by molar-refractivity contribution is 7.09. The summed E-state index contributed by atoms with van der Waals surface area (Å²) in [5.74, 6) is 0. The van der Waals surface area contributed by atoms with Gasteiger partial charge in [-0.25, -0.2) is 4.98 Å². The minimum Gasteiger partial charge on any atom is -0.380 e. The average Bonchev–Trinajstić information content (AvgIpc) is 2.82. The van der Waals surface area contributed by atoms with E-state index in [0.29, 0.717) is 6.61 Å². The van der Waals surface area contributed by atoms with Crippen molar-refractivity contribution in [2.45, 2.75) is 26.5 Å². The van der Waals surface area contributed by atoms with Crippen LogP contribution in [0.3, 0.4) is 0 Å². The molecule has 4 heteroatoms. The molecule has 0 radical (unpaired) electrons. The average molecular weight is 276 g/mol. The van der Waals surface area contributed by atoms with Crippen LogP contribution in [0.15, 0.2) is 29.8 Å². The third kappa shape index (κ3) is 4.13. The molecular formula is C15H20N2OS. The molecule has 2 aromatic rings. The van der Waals surface area contributed by atoms with E-state index in [-0.39, 0.29) is 0 Å². The first-order valence-corrected chi connectivity index (χ1v) is 7.34. The SMILES string of the molecule is COCc1ccccc1CNCCc1scnc1C. The van der Waals surface area contributed by atoms with Gasteiger partial charge in [-0.3, -0.25) is 0 Å². The highest BCUT2D eigenvalue weighted by Gasteiger charge is 2.03. The second-order valence-electron chi connectivity index (χ2n) is 4.49. The van der Waals surface area contributed by atoms with Crippen LogP contribution in [0.5, 0.6) is 0 Å². The number of aryl methyl sites for hydroxylation is 1. The number of thiazole rings is 1. The predicted molar refractivity (Wildman–Crippen MR) is 79.4 cm³/mol. The third-order valence-corrected chi connectivity index (χ3v) is 4.10. The summed E-state index contributed by atoms with van der Waals surface area (Å²) in [6, 6.07) is 8.40. The Morgan fingerprint density at radius 2 is 2.05 bits per heavy atom. The molecule has 0 aliphatic rings. The zero-order valence-electron chi connectivity index (χ0n) is 11.5. The highest BCUT2D eigenvalue weighted by Crippen LogP contribution is 2.13. The van der Waals surface area contributed by atoms with Gasteiger partial charge in [0.25, 0.3) is 0 Å². The molecule has 0 aliphatic heterocycles. The summed E-state index contributed by atoms with van der Waals surface area (Å²) < 4.78 is 5.22. The second-order valence-corrected chi connectivity index (χ2v) is 5.43. The van der Waals surface area contributed by atoms with Crippen LogP contribution in [-0.4, -0.2) is 18.6 Å². The van der Waals surface area contributed by atoms with Gasteiger partial charge in [-0.1, -0.05) is 24.3 Å². The molecule has 1 heterocycles. The largest absolute Gasteiger partial charge is 0.380 e. The van der Waals surface area contributed by atoms with Crippen molar-refractivity contribution in [3.8, 4) is 0 Å². The van der Waals surface area contributed by atoms with Gasteiger partial charge in [0.15, 0.2) is 0 Å². The summed E-state index contributed by atoms with van der Waals surface area (Å²) in [4.78, 5) is 5.64. The summed E-state index contributed by atoms with van der Waals surface area (Å²) >= 11 is 1.74. The normalized spacial score (nSPS) is 10.8. The predicted octanol–water partition coefficient (Wildman–Crippen LogP) is 2.93. The first-order chi connectivity index (χ1) is 9.31. The van der Waals surface area contributed by atoms with Crippen molar-refractivity contribution < 1.29 is 4.74 Å². The number of nitrogens with zero attached hydrogens (tertiary/aromatic N) is 1. The van der Waals surface area contributed by atoms with Crippen LogP contribution in [0.25, 0.3) is 0 Å². The molecule has 102 valence electrons. The molecular weight excluding hydrogens is 256 g/mol. The minimum absolute atomic E-state index is 0.672. The van der Waals surface area contributed by atoms with Gasteiger partial charge >= 0.3 is 0 Å². The van der Waals surface area contributed by atoms with Gasteiger partial charge in [0.1, 0.15) is 0 Å². The van der Waals surface area contributed by atoms with Crippen molar-refractivity contribution in [1.82, 2.24) is 10.3 Å². The quantitative estimate of drug-likeness (QED) is 0.790. The molecule has 0 saturated heterocycles. The minimum atomic E-state index is 0.672. The fourth-order valence-electron chi connectivity index (χ4n) is 2.02. The zero-order chi connectivity index (χ0) is 13.5. The van der Waals surface area contributed by atoms with E-state index >= 15 is 0 Å². The molecule has 0 amide bonds. The Morgan fingerprint density at radius 3 is 2.74 bits per heavy atom. The third-order valence-electron chi connectivity index (χ3n) is 3.11. The summed E-state index contributed by atoms with van der Waals surface area (Å²) in [6.45, 7) is 4.60. The molecule has 1 N–H and O–H groups in total. The summed E-state index contributed by atoms with van der Waals surface area (Å²) in [5.41, 5.74) is 5.64. The molecule has 0 unspecified atom stereocenters. The molecule has 0 saturated carbocycles. The summed E-state index contributed by atoms with van der Waals surface area (Å²) in [6.07, 6.45) is 1.04. The summed E-state index contributed by atoms with van der Waals surface area (Å²) in [7, 11) is 1.73. The lowest BCUT2D eigenvalue weighted by Crippen LogP contribution is -2.17. The molecule has 0 bridgehead atoms. The van der Waals surface area contributed by atoms with Gasteiger partial charge in [0.05, 0.1) is 17.8 Å². The van der Waals surface area contributed by atoms with E-state index in [1.165, 1.54) is 16.0 Å². The van der Waals surface area contributed by atoms with E-state index in [2.05, 4.69) is 41.5 Å². The van der Waals surface area contributed by atoms with Crippen molar-refractivity contribution >= 4 is 11.3 Å². The molecule has 0 spiro atoms. The molecule has 2 rings (SSSR count). The number of ether oxygens (including phenoxy) is 1. The monoisotopic (exact) mass is 276 g/mol. The fourth-order valence-corrected chi connectivity index (χ4v) is 2.80. The van der Waals surface area contributed by atoms with Crippen molar-refractivity contribution in [1.29, 1.82) is 0 Å². The van der Waals surface area contributed by atoms with E-state index in [1.54, 1.807) is 18.4 Å². The zero-order valence-corrected chi connectivity index (χ0v) is 12.3. The van der Waals surface area contributed by atoms with Gasteiger partial charge in [0, 0.05) is 25.1 Å². The maximum atomic E-state index is 5.22. The maximum Gasteiger partial charge on any atom is 0.0797 e. The van der Waals surface area contributed by atoms with Crippen LogP contribution < -0.4 is 5.32 Å². The highest BCUT2D eigenvalue weighted by atomic mass is 32.1. The summed E-state index contributed by atoms with van der Waals surface area (Å²) in [5, 5.41) is 3.49. The lowest BCUT2D eigenvalue weighted by Gasteiger charge is -2.09. The fraction of sp³-hybridized carbons (Fsp3) is 0.400. The lowest BCUT2D eigenvalue weighted by atomic mass is 10.1. The topological polar surface area (TPSA) is 34.1 Å². The first-order valence-electron chi connectivity index (χ1n) is 6.46. The Labute approximate surface area is 118 Å². The van der Waals surface area contributed by atoms with Crippen LogP contribution in [0, 0.1) is 6.92 Å². The van der Waals surface area contributed by atoms with Crippen molar-refractivity contribution in [2.24, 2.45) is 0 Å². The van der Waals surface area contributed by atoms with E-state index in [1.807, 2.05) is 5.51 Å². The molecule has 19 heavy (non-hydrogen) atoms. The van der Waals surface area contributed by atoms with Crippen LogP contribution in [0.2, 0.25) is 0 Å².